The number of ether oxygens (including phenoxy) is 3. The van der Waals surface area contributed by atoms with Gasteiger partial charge in [0, 0.05) is 80.4 Å². The first kappa shape index (κ1) is 36.9. The Hall–Kier alpha value is -4.42. The summed E-state index contributed by atoms with van der Waals surface area (Å²) in [4.78, 5) is 34.9. The van der Waals surface area contributed by atoms with Crippen molar-refractivity contribution in [2.45, 2.75) is 70.3 Å². The van der Waals surface area contributed by atoms with Gasteiger partial charge in [-0.15, -0.1) is 0 Å². The van der Waals surface area contributed by atoms with E-state index in [1.54, 1.807) is 21.1 Å². The van der Waals surface area contributed by atoms with Crippen LogP contribution in [0.25, 0.3) is 22.4 Å². The summed E-state index contributed by atoms with van der Waals surface area (Å²) in [5.74, 6) is 1.41. The van der Waals surface area contributed by atoms with Crippen LogP contribution in [0, 0.1) is 0 Å². The summed E-state index contributed by atoms with van der Waals surface area (Å²) in [7, 11) is 3.21. The maximum atomic E-state index is 11.5. The molecular formula is C40H44Cl2N6O5. The van der Waals surface area contributed by atoms with Crippen LogP contribution in [-0.2, 0) is 29.1 Å². The van der Waals surface area contributed by atoms with E-state index in [1.807, 2.05) is 42.5 Å². The Morgan fingerprint density at radius 2 is 1.70 bits per heavy atom. The van der Waals surface area contributed by atoms with Crippen LogP contribution in [0.4, 0.5) is 0 Å². The largest absolute Gasteiger partial charge is 0.481 e. The standard InChI is InChI=1S/C40H44Cl2N6O5/c1-23(49)44-27-16-17-48(22-27)21-25-18-33(41)40(47-39(25)52-3)53-35-14-12-29-28(6-4-7-30(29)35)31-8-5-9-32(37(31)42)34-13-10-24(38(46-34)51-2)19-43-20-26-11-15-36(50)45-26/h4-10,13,18,26-27,35,43H,11-12,14-17,19-22H2,1-3H3,(H,44,49)(H,45,50)/t26-,27?,35-/m0/s1. The number of nitrogens with zero attached hydrogens (tertiary/aromatic N) is 3. The quantitative estimate of drug-likeness (QED) is 0.144. The number of rotatable bonds is 13. The van der Waals surface area contributed by atoms with E-state index in [0.29, 0.717) is 59.4 Å². The highest BCUT2D eigenvalue weighted by molar-refractivity contribution is 6.36. The molecule has 4 heterocycles. The van der Waals surface area contributed by atoms with Gasteiger partial charge in [0.2, 0.25) is 29.5 Å². The molecule has 0 saturated carbocycles. The average molecular weight is 760 g/mol. The van der Waals surface area contributed by atoms with Gasteiger partial charge in [0.1, 0.15) is 11.1 Å². The highest BCUT2D eigenvalue weighted by Crippen LogP contribution is 2.45. The second-order valence-corrected chi connectivity index (χ2v) is 14.6. The molecule has 2 amide bonds. The SMILES string of the molecule is COc1nc(-c2cccc(-c3cccc4c3CC[C@@H]4Oc3nc(OC)c(CN4CCC(NC(C)=O)C4)cc3Cl)c2Cl)ccc1CNC[C@@H]1CCC(=O)N1. The topological polar surface area (TPSA) is 127 Å². The van der Waals surface area contributed by atoms with Gasteiger partial charge in [0.25, 0.3) is 0 Å². The van der Waals surface area contributed by atoms with Gasteiger partial charge in [-0.05, 0) is 54.5 Å². The Bertz CT molecular complexity index is 2010. The van der Waals surface area contributed by atoms with Gasteiger partial charge in [-0.1, -0.05) is 65.7 Å². The summed E-state index contributed by atoms with van der Waals surface area (Å²) in [5, 5.41) is 10.4. The molecule has 0 spiro atoms. The van der Waals surface area contributed by atoms with Crippen molar-refractivity contribution in [2.24, 2.45) is 0 Å². The van der Waals surface area contributed by atoms with E-state index in [-0.39, 0.29) is 30.0 Å². The Kier molecular flexibility index (Phi) is 11.4. The lowest BCUT2D eigenvalue weighted by Gasteiger charge is -2.20. The van der Waals surface area contributed by atoms with Crippen LogP contribution in [-0.4, -0.2) is 72.6 Å². The molecule has 7 rings (SSSR count). The zero-order chi connectivity index (χ0) is 37.1. The number of carbonyl (C=O) groups is 2. The molecule has 2 fully saturated rings. The maximum absolute atomic E-state index is 11.5. The van der Waals surface area contributed by atoms with E-state index in [1.165, 1.54) is 5.56 Å². The lowest BCUT2D eigenvalue weighted by molar-refractivity contribution is -0.120. The van der Waals surface area contributed by atoms with E-state index in [2.05, 4.69) is 33.0 Å². The fourth-order valence-electron chi connectivity index (χ4n) is 7.69. The number of pyridine rings is 2. The second kappa shape index (κ2) is 16.3. The van der Waals surface area contributed by atoms with Gasteiger partial charge >= 0.3 is 0 Å². The smallest absolute Gasteiger partial charge is 0.236 e. The van der Waals surface area contributed by atoms with Crippen LogP contribution >= 0.6 is 23.2 Å². The molecular weight excluding hydrogens is 715 g/mol. The predicted octanol–water partition coefficient (Wildman–Crippen LogP) is 6.28. The zero-order valence-electron chi connectivity index (χ0n) is 30.1. The highest BCUT2D eigenvalue weighted by Gasteiger charge is 2.30. The molecule has 2 saturated heterocycles. The lowest BCUT2D eigenvalue weighted by Crippen LogP contribution is -2.35. The summed E-state index contributed by atoms with van der Waals surface area (Å²) >= 11 is 14.0. The first-order valence-electron chi connectivity index (χ1n) is 18.0. The first-order chi connectivity index (χ1) is 25.7. The molecule has 1 unspecified atom stereocenters. The van der Waals surface area contributed by atoms with Crippen molar-refractivity contribution < 1.29 is 23.8 Å². The van der Waals surface area contributed by atoms with Gasteiger partial charge in [0.05, 0.1) is 24.9 Å². The summed E-state index contributed by atoms with van der Waals surface area (Å²) in [5.41, 5.74) is 7.51. The van der Waals surface area contributed by atoms with Crippen LogP contribution < -0.4 is 30.2 Å². The summed E-state index contributed by atoms with van der Waals surface area (Å²) in [6.45, 7) is 5.01. The van der Waals surface area contributed by atoms with Gasteiger partial charge in [-0.2, -0.15) is 4.98 Å². The van der Waals surface area contributed by atoms with Crippen LogP contribution in [0.5, 0.6) is 17.6 Å². The monoisotopic (exact) mass is 758 g/mol. The average Bonchev–Trinajstić information content (AvgIpc) is 3.89. The normalized spacial score (nSPS) is 19.6. The third-order valence-electron chi connectivity index (χ3n) is 10.2. The molecule has 1 aliphatic carbocycles. The summed E-state index contributed by atoms with van der Waals surface area (Å²) < 4.78 is 17.9. The Morgan fingerprint density at radius 1 is 0.925 bits per heavy atom. The molecule has 11 nitrogen and oxygen atoms in total. The summed E-state index contributed by atoms with van der Waals surface area (Å²) in [6, 6.07) is 18.3. The minimum absolute atomic E-state index is 0.0175. The molecule has 53 heavy (non-hydrogen) atoms. The molecule has 3 aliphatic rings. The van der Waals surface area contributed by atoms with Gasteiger partial charge in [0.15, 0.2) is 0 Å². The van der Waals surface area contributed by atoms with Crippen molar-refractivity contribution in [1.82, 2.24) is 30.8 Å². The molecule has 3 N–H and O–H groups in total. The fourth-order valence-corrected chi connectivity index (χ4v) is 8.24. The van der Waals surface area contributed by atoms with Crippen molar-refractivity contribution in [1.29, 1.82) is 0 Å². The number of aromatic nitrogens is 2. The van der Waals surface area contributed by atoms with Crippen molar-refractivity contribution in [3.8, 4) is 40.0 Å². The molecule has 3 atom stereocenters. The number of nitrogens with one attached hydrogen (secondary N) is 3. The summed E-state index contributed by atoms with van der Waals surface area (Å²) in [6.07, 6.45) is 3.61. The molecule has 278 valence electrons. The van der Waals surface area contributed by atoms with Crippen molar-refractivity contribution in [2.75, 3.05) is 33.9 Å². The minimum Gasteiger partial charge on any atom is -0.481 e. The lowest BCUT2D eigenvalue weighted by atomic mass is 9.94. The van der Waals surface area contributed by atoms with Crippen molar-refractivity contribution >= 4 is 35.0 Å². The molecule has 2 aromatic heterocycles. The van der Waals surface area contributed by atoms with Crippen molar-refractivity contribution in [3.05, 3.63) is 86.9 Å². The number of carbonyl (C=O) groups excluding carboxylic acids is 2. The number of halogens is 2. The number of benzene rings is 2. The Balaban J connectivity index is 1.07. The molecule has 2 aromatic carbocycles. The number of amides is 2. The molecule has 0 bridgehead atoms. The fraction of sp³-hybridized carbons (Fsp3) is 0.400. The van der Waals surface area contributed by atoms with Crippen molar-refractivity contribution in [3.63, 3.8) is 0 Å². The third kappa shape index (κ3) is 8.23. The number of hydrogen-bond donors (Lipinski definition) is 3. The van der Waals surface area contributed by atoms with E-state index < -0.39 is 0 Å². The molecule has 13 heteroatoms. The number of likely N-dealkylation sites (tertiary alicyclic amines) is 1. The third-order valence-corrected chi connectivity index (χ3v) is 10.9. The van der Waals surface area contributed by atoms with Crippen LogP contribution in [0.2, 0.25) is 10.0 Å². The van der Waals surface area contributed by atoms with E-state index in [4.69, 9.17) is 47.4 Å². The predicted molar refractivity (Wildman–Crippen MR) is 205 cm³/mol. The zero-order valence-corrected chi connectivity index (χ0v) is 31.6. The highest BCUT2D eigenvalue weighted by atomic mass is 35.5. The Morgan fingerprint density at radius 3 is 2.47 bits per heavy atom. The van der Waals surface area contributed by atoms with Gasteiger partial charge in [-0.25, -0.2) is 4.98 Å². The van der Waals surface area contributed by atoms with E-state index >= 15 is 0 Å². The van der Waals surface area contributed by atoms with Gasteiger partial charge < -0.3 is 30.2 Å². The number of methoxy groups -OCH3 is 2. The van der Waals surface area contributed by atoms with Crippen LogP contribution in [0.1, 0.15) is 61.0 Å². The van der Waals surface area contributed by atoms with Gasteiger partial charge in [-0.3, -0.25) is 14.5 Å². The first-order valence-corrected chi connectivity index (χ1v) is 18.8. The second-order valence-electron chi connectivity index (χ2n) is 13.8. The van der Waals surface area contributed by atoms with Crippen LogP contribution in [0.3, 0.4) is 0 Å². The van der Waals surface area contributed by atoms with E-state index in [0.717, 1.165) is 72.2 Å². The van der Waals surface area contributed by atoms with Crippen LogP contribution in [0.15, 0.2) is 54.6 Å². The molecule has 2 aliphatic heterocycles. The molecule has 4 aromatic rings. The van der Waals surface area contributed by atoms with E-state index in [9.17, 15) is 9.59 Å². The molecule has 0 radical (unpaired) electrons. The minimum atomic E-state index is -0.249. The number of fused-ring (bicyclic) bond motifs is 1. The Labute approximate surface area is 319 Å². The maximum Gasteiger partial charge on any atom is 0.236 e. The number of hydrogen-bond acceptors (Lipinski definition) is 9.